The summed E-state index contributed by atoms with van der Waals surface area (Å²) in [4.78, 5) is 12.1. The molecule has 1 heterocycles. The monoisotopic (exact) mass is 379 g/mol. The number of hydrogen-bond donors (Lipinski definition) is 1. The summed E-state index contributed by atoms with van der Waals surface area (Å²) in [5.74, 6) is 0.680. The van der Waals surface area contributed by atoms with Crippen molar-refractivity contribution in [2.75, 3.05) is 20.8 Å². The predicted molar refractivity (Wildman–Crippen MR) is 95.3 cm³/mol. The number of nitrogens with one attached hydrogen (secondary N) is 1. The quantitative estimate of drug-likeness (QED) is 0.761. The van der Waals surface area contributed by atoms with E-state index in [1.54, 1.807) is 12.1 Å². The molecule has 0 saturated heterocycles. The number of sulfonamides is 1. The van der Waals surface area contributed by atoms with Crippen LogP contribution in [0.2, 0.25) is 0 Å². The number of rotatable bonds is 7. The van der Waals surface area contributed by atoms with Gasteiger partial charge in [-0.1, -0.05) is 0 Å². The van der Waals surface area contributed by atoms with Crippen LogP contribution in [0, 0.1) is 0 Å². The molecule has 0 radical (unpaired) electrons. The lowest BCUT2D eigenvalue weighted by Gasteiger charge is -2.12. The van der Waals surface area contributed by atoms with Crippen molar-refractivity contribution in [2.45, 2.75) is 30.7 Å². The maximum absolute atomic E-state index is 12.5. The third-order valence-electron chi connectivity index (χ3n) is 4.30. The first-order valence-corrected chi connectivity index (χ1v) is 9.74. The minimum absolute atomic E-state index is 0.00931. The summed E-state index contributed by atoms with van der Waals surface area (Å²) in [5, 5.41) is 4.33. The molecule has 9 heteroatoms. The van der Waals surface area contributed by atoms with Crippen LogP contribution in [0.5, 0.6) is 11.5 Å². The Morgan fingerprint density at radius 1 is 1.19 bits per heavy atom. The SMILES string of the molecule is COc1ccc(S(=O)(=O)NCCn2nc3c(cc2=O)CCC3)c(OC)c1. The highest BCUT2D eigenvalue weighted by atomic mass is 32.2. The Morgan fingerprint density at radius 3 is 2.73 bits per heavy atom. The van der Waals surface area contributed by atoms with Gasteiger partial charge in [0.2, 0.25) is 10.0 Å². The van der Waals surface area contributed by atoms with Gasteiger partial charge in [0.05, 0.1) is 26.5 Å². The molecule has 2 aromatic rings. The van der Waals surface area contributed by atoms with Gasteiger partial charge in [-0.05, 0) is 37.0 Å². The van der Waals surface area contributed by atoms with E-state index in [1.807, 2.05) is 0 Å². The zero-order valence-electron chi connectivity index (χ0n) is 14.7. The Labute approximate surface area is 151 Å². The molecular formula is C17H21N3O5S. The van der Waals surface area contributed by atoms with Crippen LogP contribution >= 0.6 is 0 Å². The lowest BCUT2D eigenvalue weighted by molar-refractivity contribution is 0.386. The van der Waals surface area contributed by atoms with Crippen molar-refractivity contribution in [3.63, 3.8) is 0 Å². The second-order valence-electron chi connectivity index (χ2n) is 5.95. The van der Waals surface area contributed by atoms with Gasteiger partial charge in [-0.2, -0.15) is 5.10 Å². The van der Waals surface area contributed by atoms with Crippen LogP contribution in [-0.2, 0) is 29.4 Å². The number of benzene rings is 1. The summed E-state index contributed by atoms with van der Waals surface area (Å²) in [5.41, 5.74) is 1.70. The molecule has 3 rings (SSSR count). The molecular weight excluding hydrogens is 358 g/mol. The molecule has 1 aromatic carbocycles. The third kappa shape index (κ3) is 3.73. The number of methoxy groups -OCH3 is 2. The standard InChI is InChI=1S/C17H21N3O5S/c1-24-13-6-7-16(15(11-13)25-2)26(22,23)18-8-9-20-17(21)10-12-4-3-5-14(12)19-20/h6-7,10-11,18H,3-5,8-9H2,1-2H3. The van der Waals surface area contributed by atoms with Crippen molar-refractivity contribution in [1.29, 1.82) is 0 Å². The predicted octanol–water partition coefficient (Wildman–Crippen LogP) is 0.728. The number of aromatic nitrogens is 2. The topological polar surface area (TPSA) is 99.5 Å². The molecule has 140 valence electrons. The molecule has 1 N–H and O–H groups in total. The first kappa shape index (κ1) is 18.4. The van der Waals surface area contributed by atoms with Gasteiger partial charge in [-0.15, -0.1) is 0 Å². The lowest BCUT2D eigenvalue weighted by Crippen LogP contribution is -2.32. The number of ether oxygens (including phenoxy) is 2. The van der Waals surface area contributed by atoms with E-state index >= 15 is 0 Å². The van der Waals surface area contributed by atoms with E-state index in [9.17, 15) is 13.2 Å². The second kappa shape index (κ2) is 7.46. The van der Waals surface area contributed by atoms with Crippen molar-refractivity contribution in [3.8, 4) is 11.5 Å². The van der Waals surface area contributed by atoms with Gasteiger partial charge in [0, 0.05) is 18.7 Å². The molecule has 0 fully saturated rings. The molecule has 0 saturated carbocycles. The molecule has 0 aliphatic heterocycles. The van der Waals surface area contributed by atoms with Gasteiger partial charge < -0.3 is 9.47 Å². The van der Waals surface area contributed by atoms with Gasteiger partial charge in [-0.3, -0.25) is 4.79 Å². The van der Waals surface area contributed by atoms with Gasteiger partial charge in [0.15, 0.2) is 0 Å². The average molecular weight is 379 g/mol. The summed E-state index contributed by atoms with van der Waals surface area (Å²) < 4.78 is 39.1. The fourth-order valence-electron chi connectivity index (χ4n) is 2.96. The van der Waals surface area contributed by atoms with E-state index in [-0.39, 0.29) is 29.3 Å². The fraction of sp³-hybridized carbons (Fsp3) is 0.412. The zero-order valence-corrected chi connectivity index (χ0v) is 15.5. The van der Waals surface area contributed by atoms with Crippen LogP contribution in [0.3, 0.4) is 0 Å². The number of nitrogens with zero attached hydrogens (tertiary/aromatic N) is 2. The minimum atomic E-state index is -3.80. The highest BCUT2D eigenvalue weighted by Gasteiger charge is 2.20. The molecule has 1 aliphatic carbocycles. The van der Waals surface area contributed by atoms with E-state index in [1.165, 1.54) is 31.0 Å². The Bertz CT molecular complexity index is 969. The van der Waals surface area contributed by atoms with Gasteiger partial charge in [-0.25, -0.2) is 17.8 Å². The summed E-state index contributed by atoms with van der Waals surface area (Å²) in [6, 6.07) is 6.06. The first-order valence-electron chi connectivity index (χ1n) is 8.26. The minimum Gasteiger partial charge on any atom is -0.497 e. The third-order valence-corrected chi connectivity index (χ3v) is 5.80. The smallest absolute Gasteiger partial charge is 0.267 e. The van der Waals surface area contributed by atoms with E-state index in [0.717, 1.165) is 30.5 Å². The fourth-order valence-corrected chi connectivity index (χ4v) is 4.13. The van der Waals surface area contributed by atoms with Crippen molar-refractivity contribution in [3.05, 3.63) is 45.9 Å². The molecule has 8 nitrogen and oxygen atoms in total. The van der Waals surface area contributed by atoms with Crippen LogP contribution < -0.4 is 19.8 Å². The Morgan fingerprint density at radius 2 is 2.00 bits per heavy atom. The van der Waals surface area contributed by atoms with Crippen LogP contribution in [0.4, 0.5) is 0 Å². The van der Waals surface area contributed by atoms with E-state index in [4.69, 9.17) is 9.47 Å². The van der Waals surface area contributed by atoms with Crippen molar-refractivity contribution >= 4 is 10.0 Å². The summed E-state index contributed by atoms with van der Waals surface area (Å²) in [7, 11) is -0.917. The number of aryl methyl sites for hydroxylation is 2. The zero-order chi connectivity index (χ0) is 18.7. The summed E-state index contributed by atoms with van der Waals surface area (Å²) in [6.07, 6.45) is 2.72. The number of fused-ring (bicyclic) bond motifs is 1. The van der Waals surface area contributed by atoms with Crippen molar-refractivity contribution < 1.29 is 17.9 Å². The Hall–Kier alpha value is -2.39. The molecule has 0 unspecified atom stereocenters. The largest absolute Gasteiger partial charge is 0.497 e. The van der Waals surface area contributed by atoms with Crippen LogP contribution in [0.1, 0.15) is 17.7 Å². The Kier molecular flexibility index (Phi) is 5.28. The molecule has 26 heavy (non-hydrogen) atoms. The molecule has 0 atom stereocenters. The highest BCUT2D eigenvalue weighted by molar-refractivity contribution is 7.89. The molecule has 0 spiro atoms. The molecule has 0 amide bonds. The Balaban J connectivity index is 1.72. The lowest BCUT2D eigenvalue weighted by atomic mass is 10.2. The van der Waals surface area contributed by atoms with Gasteiger partial charge in [0.1, 0.15) is 16.4 Å². The molecule has 1 aliphatic rings. The van der Waals surface area contributed by atoms with Gasteiger partial charge >= 0.3 is 0 Å². The normalized spacial score (nSPS) is 13.5. The molecule has 1 aromatic heterocycles. The maximum atomic E-state index is 12.5. The summed E-state index contributed by atoms with van der Waals surface area (Å²) >= 11 is 0. The maximum Gasteiger partial charge on any atom is 0.267 e. The highest BCUT2D eigenvalue weighted by Crippen LogP contribution is 2.28. The van der Waals surface area contributed by atoms with E-state index < -0.39 is 10.0 Å². The van der Waals surface area contributed by atoms with Crippen molar-refractivity contribution in [2.24, 2.45) is 0 Å². The van der Waals surface area contributed by atoms with Crippen LogP contribution in [-0.4, -0.2) is 39.0 Å². The molecule has 0 bridgehead atoms. The van der Waals surface area contributed by atoms with E-state index in [2.05, 4.69) is 9.82 Å². The first-order chi connectivity index (χ1) is 12.4. The van der Waals surface area contributed by atoms with Crippen molar-refractivity contribution in [1.82, 2.24) is 14.5 Å². The number of hydrogen-bond acceptors (Lipinski definition) is 6. The second-order valence-corrected chi connectivity index (χ2v) is 7.68. The summed E-state index contributed by atoms with van der Waals surface area (Å²) in [6.45, 7) is 0.201. The van der Waals surface area contributed by atoms with Crippen LogP contribution in [0.15, 0.2) is 34.0 Å². The average Bonchev–Trinajstić information content (AvgIpc) is 3.08. The van der Waals surface area contributed by atoms with Gasteiger partial charge in [0.25, 0.3) is 5.56 Å². The van der Waals surface area contributed by atoms with Crippen LogP contribution in [0.25, 0.3) is 0 Å². The van der Waals surface area contributed by atoms with E-state index in [0.29, 0.717) is 5.75 Å².